The van der Waals surface area contributed by atoms with Gasteiger partial charge >= 0.3 is 0 Å². The molecule has 0 aliphatic heterocycles. The van der Waals surface area contributed by atoms with Gasteiger partial charge in [0.2, 0.25) is 0 Å². The molecular formula is C16H15ClN4. The van der Waals surface area contributed by atoms with Gasteiger partial charge in [-0.3, -0.25) is 5.10 Å². The van der Waals surface area contributed by atoms with Gasteiger partial charge in [-0.1, -0.05) is 35.9 Å². The standard InChI is InChI=1S/C16H15ClN4/c1-11-19-16(21-20-11)13-5-3-7-15(9-13)18-10-12-4-2-6-14(17)8-12/h2-9,18H,10H2,1H3,(H,19,20,21). The molecule has 106 valence electrons. The monoisotopic (exact) mass is 298 g/mol. The van der Waals surface area contributed by atoms with Gasteiger partial charge in [0.05, 0.1) is 0 Å². The second kappa shape index (κ2) is 5.97. The number of anilines is 1. The van der Waals surface area contributed by atoms with E-state index in [9.17, 15) is 0 Å². The number of nitrogens with one attached hydrogen (secondary N) is 2. The van der Waals surface area contributed by atoms with Gasteiger partial charge < -0.3 is 5.32 Å². The first-order valence-electron chi connectivity index (χ1n) is 6.68. The third kappa shape index (κ3) is 3.41. The van der Waals surface area contributed by atoms with E-state index in [1.54, 1.807) is 0 Å². The van der Waals surface area contributed by atoms with E-state index < -0.39 is 0 Å². The maximum Gasteiger partial charge on any atom is 0.181 e. The van der Waals surface area contributed by atoms with E-state index in [4.69, 9.17) is 11.6 Å². The number of rotatable bonds is 4. The number of hydrogen-bond acceptors (Lipinski definition) is 3. The van der Waals surface area contributed by atoms with Crippen LogP contribution >= 0.6 is 11.6 Å². The van der Waals surface area contributed by atoms with Crippen molar-refractivity contribution in [1.82, 2.24) is 15.2 Å². The summed E-state index contributed by atoms with van der Waals surface area (Å²) in [4.78, 5) is 4.34. The molecule has 0 spiro atoms. The predicted octanol–water partition coefficient (Wildman–Crippen LogP) is 4.05. The molecule has 0 aliphatic rings. The largest absolute Gasteiger partial charge is 0.381 e. The van der Waals surface area contributed by atoms with Crippen molar-refractivity contribution >= 4 is 17.3 Å². The first-order chi connectivity index (χ1) is 10.2. The summed E-state index contributed by atoms with van der Waals surface area (Å²) in [6.45, 7) is 2.61. The molecule has 0 aliphatic carbocycles. The van der Waals surface area contributed by atoms with E-state index in [-0.39, 0.29) is 0 Å². The predicted molar refractivity (Wildman–Crippen MR) is 85.3 cm³/mol. The molecular weight excluding hydrogens is 284 g/mol. The molecule has 0 saturated carbocycles. The molecule has 0 fully saturated rings. The van der Waals surface area contributed by atoms with Gasteiger partial charge in [-0.2, -0.15) is 5.10 Å². The number of aromatic amines is 1. The van der Waals surface area contributed by atoms with Crippen molar-refractivity contribution in [3.05, 3.63) is 64.9 Å². The molecule has 0 bridgehead atoms. The lowest BCUT2D eigenvalue weighted by molar-refractivity contribution is 1.04. The summed E-state index contributed by atoms with van der Waals surface area (Å²) in [5, 5.41) is 11.2. The van der Waals surface area contributed by atoms with Gasteiger partial charge in [-0.15, -0.1) is 0 Å². The lowest BCUT2D eigenvalue weighted by Gasteiger charge is -2.08. The zero-order valence-electron chi connectivity index (χ0n) is 11.6. The minimum Gasteiger partial charge on any atom is -0.381 e. The molecule has 0 saturated heterocycles. The van der Waals surface area contributed by atoms with E-state index in [1.165, 1.54) is 0 Å². The highest BCUT2D eigenvalue weighted by molar-refractivity contribution is 6.30. The Bertz CT molecular complexity index is 751. The summed E-state index contributed by atoms with van der Waals surface area (Å²) < 4.78 is 0. The minimum absolute atomic E-state index is 0.707. The molecule has 4 nitrogen and oxygen atoms in total. The molecule has 1 heterocycles. The minimum atomic E-state index is 0.707. The van der Waals surface area contributed by atoms with Gasteiger partial charge in [0, 0.05) is 22.8 Å². The molecule has 2 aromatic carbocycles. The van der Waals surface area contributed by atoms with E-state index in [0.717, 1.165) is 34.2 Å². The van der Waals surface area contributed by atoms with Crippen LogP contribution < -0.4 is 5.32 Å². The van der Waals surface area contributed by atoms with Crippen molar-refractivity contribution < 1.29 is 0 Å². The van der Waals surface area contributed by atoms with Crippen molar-refractivity contribution in [3.8, 4) is 11.4 Å². The molecule has 2 N–H and O–H groups in total. The van der Waals surface area contributed by atoms with Crippen molar-refractivity contribution in [2.75, 3.05) is 5.32 Å². The number of benzene rings is 2. The third-order valence-electron chi connectivity index (χ3n) is 3.10. The Hall–Kier alpha value is -2.33. The van der Waals surface area contributed by atoms with Crippen LogP contribution in [-0.2, 0) is 6.54 Å². The molecule has 5 heteroatoms. The van der Waals surface area contributed by atoms with Crippen LogP contribution in [0.5, 0.6) is 0 Å². The zero-order chi connectivity index (χ0) is 14.7. The van der Waals surface area contributed by atoms with Gasteiger partial charge in [0.15, 0.2) is 5.82 Å². The van der Waals surface area contributed by atoms with Crippen LogP contribution in [0.15, 0.2) is 48.5 Å². The number of H-pyrrole nitrogens is 1. The van der Waals surface area contributed by atoms with Crippen molar-refractivity contribution in [2.45, 2.75) is 13.5 Å². The maximum absolute atomic E-state index is 5.99. The van der Waals surface area contributed by atoms with Crippen LogP contribution in [0.1, 0.15) is 11.4 Å². The summed E-state index contributed by atoms with van der Waals surface area (Å²) in [5.41, 5.74) is 3.15. The summed E-state index contributed by atoms with van der Waals surface area (Å²) >= 11 is 5.99. The highest BCUT2D eigenvalue weighted by atomic mass is 35.5. The summed E-state index contributed by atoms with van der Waals surface area (Å²) in [5.74, 6) is 1.51. The van der Waals surface area contributed by atoms with Crippen LogP contribution in [0.4, 0.5) is 5.69 Å². The molecule has 0 amide bonds. The quantitative estimate of drug-likeness (QED) is 0.764. The molecule has 1 aromatic heterocycles. The first kappa shape index (κ1) is 13.6. The summed E-state index contributed by atoms with van der Waals surface area (Å²) in [7, 11) is 0. The number of hydrogen-bond donors (Lipinski definition) is 2. The SMILES string of the molecule is Cc1nc(-c2cccc(NCc3cccc(Cl)c3)c2)n[nH]1. The number of aromatic nitrogens is 3. The van der Waals surface area contributed by atoms with Crippen molar-refractivity contribution in [3.63, 3.8) is 0 Å². The topological polar surface area (TPSA) is 53.6 Å². The molecule has 0 atom stereocenters. The van der Waals surface area contributed by atoms with E-state index >= 15 is 0 Å². The van der Waals surface area contributed by atoms with Crippen molar-refractivity contribution in [2.24, 2.45) is 0 Å². The number of nitrogens with zero attached hydrogens (tertiary/aromatic N) is 2. The highest BCUT2D eigenvalue weighted by Gasteiger charge is 2.04. The van der Waals surface area contributed by atoms with Crippen LogP contribution in [0.3, 0.4) is 0 Å². The Balaban J connectivity index is 1.74. The zero-order valence-corrected chi connectivity index (χ0v) is 12.4. The Labute approximate surface area is 128 Å². The Morgan fingerprint density at radius 1 is 1.14 bits per heavy atom. The molecule has 21 heavy (non-hydrogen) atoms. The van der Waals surface area contributed by atoms with Gasteiger partial charge in [0.1, 0.15) is 5.82 Å². The fourth-order valence-corrected chi connectivity index (χ4v) is 2.30. The second-order valence-electron chi connectivity index (χ2n) is 4.81. The van der Waals surface area contributed by atoms with E-state index in [2.05, 4.69) is 20.5 Å². The van der Waals surface area contributed by atoms with E-state index in [0.29, 0.717) is 5.82 Å². The number of halogens is 1. The first-order valence-corrected chi connectivity index (χ1v) is 7.06. The lowest BCUT2D eigenvalue weighted by atomic mass is 10.1. The lowest BCUT2D eigenvalue weighted by Crippen LogP contribution is -1.99. The molecule has 0 unspecified atom stereocenters. The van der Waals surface area contributed by atoms with Gasteiger partial charge in [-0.25, -0.2) is 4.98 Å². The summed E-state index contributed by atoms with van der Waals surface area (Å²) in [6.07, 6.45) is 0. The smallest absolute Gasteiger partial charge is 0.181 e. The van der Waals surface area contributed by atoms with Gasteiger partial charge in [0.25, 0.3) is 0 Å². The fraction of sp³-hybridized carbons (Fsp3) is 0.125. The average molecular weight is 299 g/mol. The van der Waals surface area contributed by atoms with Crippen LogP contribution in [-0.4, -0.2) is 15.2 Å². The van der Waals surface area contributed by atoms with Gasteiger partial charge in [-0.05, 0) is 36.8 Å². The molecule has 3 aromatic rings. The van der Waals surface area contributed by atoms with Crippen LogP contribution in [0.2, 0.25) is 5.02 Å². The second-order valence-corrected chi connectivity index (χ2v) is 5.25. The fourth-order valence-electron chi connectivity index (χ4n) is 2.09. The Morgan fingerprint density at radius 2 is 2.00 bits per heavy atom. The average Bonchev–Trinajstić information content (AvgIpc) is 2.92. The van der Waals surface area contributed by atoms with Crippen LogP contribution in [0.25, 0.3) is 11.4 Å². The van der Waals surface area contributed by atoms with E-state index in [1.807, 2.05) is 55.5 Å². The van der Waals surface area contributed by atoms with Crippen LogP contribution in [0, 0.1) is 6.92 Å². The summed E-state index contributed by atoms with van der Waals surface area (Å²) in [6, 6.07) is 15.9. The molecule has 0 radical (unpaired) electrons. The highest BCUT2D eigenvalue weighted by Crippen LogP contribution is 2.20. The Kier molecular flexibility index (Phi) is 3.88. The third-order valence-corrected chi connectivity index (χ3v) is 3.34. The Morgan fingerprint density at radius 3 is 2.76 bits per heavy atom. The number of aryl methyl sites for hydroxylation is 1. The van der Waals surface area contributed by atoms with Crippen molar-refractivity contribution in [1.29, 1.82) is 0 Å². The maximum atomic E-state index is 5.99. The molecule has 3 rings (SSSR count). The normalized spacial score (nSPS) is 10.6.